The minimum absolute atomic E-state index is 0.189. The largest absolute Gasteiger partial charge is 0.493 e. The first-order valence-electron chi connectivity index (χ1n) is 10.1. The third-order valence-electron chi connectivity index (χ3n) is 4.91. The van der Waals surface area contributed by atoms with Crippen LogP contribution in [0.1, 0.15) is 11.3 Å². The molecule has 0 saturated carbocycles. The fraction of sp³-hybridized carbons (Fsp3) is 0.0435. The van der Waals surface area contributed by atoms with E-state index in [1.54, 1.807) is 12.1 Å². The Morgan fingerprint density at radius 1 is 1.12 bits per heavy atom. The molecule has 34 heavy (non-hydrogen) atoms. The molecule has 3 aromatic heterocycles. The molecule has 5 rings (SSSR count). The summed E-state index contributed by atoms with van der Waals surface area (Å²) in [5.74, 6) is 0.00455. The number of aromatic nitrogens is 5. The molecular weight excluding hydrogens is 567 g/mol. The van der Waals surface area contributed by atoms with Crippen molar-refractivity contribution in [2.24, 2.45) is 4.99 Å². The van der Waals surface area contributed by atoms with E-state index in [2.05, 4.69) is 47.6 Å². The zero-order valence-electron chi connectivity index (χ0n) is 17.5. The Morgan fingerprint density at radius 3 is 2.68 bits per heavy atom. The van der Waals surface area contributed by atoms with Gasteiger partial charge in [-0.2, -0.15) is 5.10 Å². The van der Waals surface area contributed by atoms with Gasteiger partial charge in [0.15, 0.2) is 11.1 Å². The van der Waals surface area contributed by atoms with E-state index in [1.165, 1.54) is 10.7 Å². The van der Waals surface area contributed by atoms with Crippen LogP contribution in [0.3, 0.4) is 0 Å². The summed E-state index contributed by atoms with van der Waals surface area (Å²) < 4.78 is 15.9. The highest BCUT2D eigenvalue weighted by Gasteiger charge is 2.14. The topological polar surface area (TPSA) is 128 Å². The second kappa shape index (κ2) is 9.35. The average molecular weight is 584 g/mol. The van der Waals surface area contributed by atoms with Crippen LogP contribution in [-0.2, 0) is 16.6 Å². The lowest BCUT2D eigenvalue weighted by molar-refractivity contribution is 0.454. The van der Waals surface area contributed by atoms with E-state index < -0.39 is 16.5 Å². The van der Waals surface area contributed by atoms with Gasteiger partial charge < -0.3 is 10.1 Å². The Balaban J connectivity index is 1.71. The normalized spacial score (nSPS) is 13.6. The maximum absolute atomic E-state index is 13.4. The molecule has 3 heterocycles. The maximum Gasteiger partial charge on any atom is 0.326 e. The van der Waals surface area contributed by atoms with Crippen LogP contribution in [0.15, 0.2) is 81.7 Å². The molecule has 0 amide bonds. The van der Waals surface area contributed by atoms with Gasteiger partial charge in [-0.15, -0.1) is 0 Å². The predicted octanol–water partition coefficient (Wildman–Crippen LogP) is 2.14. The van der Waals surface area contributed by atoms with Crippen LogP contribution in [0.4, 0.5) is 5.69 Å². The van der Waals surface area contributed by atoms with E-state index in [0.29, 0.717) is 32.8 Å². The van der Waals surface area contributed by atoms with Crippen molar-refractivity contribution in [1.29, 1.82) is 0 Å². The van der Waals surface area contributed by atoms with Gasteiger partial charge in [-0.1, -0.05) is 36.4 Å². The molecule has 0 radical (unpaired) electrons. The molecule has 0 fully saturated rings. The maximum atomic E-state index is 13.4. The second-order valence-electron chi connectivity index (χ2n) is 7.34. The fourth-order valence-electron chi connectivity index (χ4n) is 3.39. The Kier molecular flexibility index (Phi) is 6.11. The minimum atomic E-state index is -1.44. The Hall–Kier alpha value is -3.58. The van der Waals surface area contributed by atoms with Gasteiger partial charge in [0.05, 0.1) is 28.4 Å². The molecule has 0 spiro atoms. The summed E-state index contributed by atoms with van der Waals surface area (Å²) >= 11 is 2.21. The number of hydrogen-bond acceptors (Lipinski definition) is 6. The van der Waals surface area contributed by atoms with Gasteiger partial charge in [0.2, 0.25) is 5.88 Å². The molecule has 0 bridgehead atoms. The number of H-pyrrole nitrogens is 2. The van der Waals surface area contributed by atoms with Crippen LogP contribution in [0, 0.1) is 3.57 Å². The van der Waals surface area contributed by atoms with Crippen LogP contribution < -0.4 is 16.4 Å². The zero-order chi connectivity index (χ0) is 23.7. The predicted molar refractivity (Wildman–Crippen MR) is 136 cm³/mol. The van der Waals surface area contributed by atoms with Gasteiger partial charge in [0.25, 0.3) is 0 Å². The van der Waals surface area contributed by atoms with E-state index in [-0.39, 0.29) is 11.6 Å². The lowest BCUT2D eigenvalue weighted by Crippen LogP contribution is -2.18. The fourth-order valence-corrected chi connectivity index (χ4v) is 5.12. The van der Waals surface area contributed by atoms with Crippen LogP contribution in [0.5, 0.6) is 5.88 Å². The zero-order valence-corrected chi connectivity index (χ0v) is 20.4. The Labute approximate surface area is 208 Å². The third kappa shape index (κ3) is 4.70. The van der Waals surface area contributed by atoms with Gasteiger partial charge in [0, 0.05) is 14.9 Å². The number of rotatable bonds is 5. The second-order valence-corrected chi connectivity index (χ2v) is 9.98. The first kappa shape index (κ1) is 22.2. The highest BCUT2D eigenvalue weighted by atomic mass is 127. The van der Waals surface area contributed by atoms with Gasteiger partial charge in [0.1, 0.15) is 10.7 Å². The van der Waals surface area contributed by atoms with Gasteiger partial charge >= 0.3 is 5.69 Å². The molecule has 2 aromatic carbocycles. The summed E-state index contributed by atoms with van der Waals surface area (Å²) in [7, 11) is -1.44. The first-order chi connectivity index (χ1) is 16.5. The molecule has 0 aliphatic carbocycles. The number of imidazole rings is 1. The molecule has 3 N–H and O–H groups in total. The van der Waals surface area contributed by atoms with Crippen molar-refractivity contribution in [3.8, 4) is 5.88 Å². The van der Waals surface area contributed by atoms with E-state index in [9.17, 15) is 14.1 Å². The lowest BCUT2D eigenvalue weighted by Gasteiger charge is -2.05. The Morgan fingerprint density at radius 2 is 1.94 bits per heavy atom. The molecule has 0 saturated heterocycles. The quantitative estimate of drug-likeness (QED) is 0.216. The number of aromatic hydroxyl groups is 1. The highest BCUT2D eigenvalue weighted by molar-refractivity contribution is 14.1. The van der Waals surface area contributed by atoms with Gasteiger partial charge in [-0.05, 0) is 52.4 Å². The molecular formula is C23H17IN6O3S. The van der Waals surface area contributed by atoms with E-state index >= 15 is 0 Å². The van der Waals surface area contributed by atoms with Gasteiger partial charge in [-0.3, -0.25) is 9.19 Å². The van der Waals surface area contributed by atoms with E-state index in [4.69, 9.17) is 0 Å². The summed E-state index contributed by atoms with van der Waals surface area (Å²) in [4.78, 5) is 25.6. The number of halogens is 1. The minimum Gasteiger partial charge on any atom is -0.493 e. The average Bonchev–Trinajstić information content (AvgIpc) is 3.36. The number of nitrogens with zero attached hydrogens (tertiary/aromatic N) is 4. The number of aromatic amines is 2. The van der Waals surface area contributed by atoms with Crippen LogP contribution >= 0.6 is 22.6 Å². The number of hydrogen-bond donors (Lipinski definition) is 3. The van der Waals surface area contributed by atoms with Gasteiger partial charge in [-0.25, -0.2) is 19.3 Å². The number of benzene rings is 2. The lowest BCUT2D eigenvalue weighted by atomic mass is 10.2. The number of fused-ring (bicyclic) bond motifs is 1. The SMILES string of the molecule is O=c1[nH]c(O)c(C=c2cnn3c(S(=O)Cc4ccccc4)cc(=Nc4cccc(I)c4)nc23)[nH]1. The molecule has 170 valence electrons. The first-order valence-corrected chi connectivity index (χ1v) is 12.5. The van der Waals surface area contributed by atoms with Crippen LogP contribution in [0.2, 0.25) is 0 Å². The smallest absolute Gasteiger partial charge is 0.326 e. The van der Waals surface area contributed by atoms with Crippen molar-refractivity contribution in [3.05, 3.63) is 103 Å². The molecule has 0 aliphatic heterocycles. The monoisotopic (exact) mass is 584 g/mol. The third-order valence-corrected chi connectivity index (χ3v) is 6.94. The molecule has 11 heteroatoms. The van der Waals surface area contributed by atoms with Crippen molar-refractivity contribution < 1.29 is 9.32 Å². The van der Waals surface area contributed by atoms with Crippen LogP contribution in [0.25, 0.3) is 11.7 Å². The van der Waals surface area contributed by atoms with Crippen molar-refractivity contribution in [2.45, 2.75) is 10.8 Å². The number of nitrogens with one attached hydrogen (secondary N) is 2. The molecule has 1 atom stereocenters. The molecule has 1 unspecified atom stereocenters. The molecule has 0 aliphatic rings. The summed E-state index contributed by atoms with van der Waals surface area (Å²) in [6.45, 7) is 0. The molecule has 9 nitrogen and oxygen atoms in total. The molecule has 5 aromatic rings. The highest BCUT2D eigenvalue weighted by Crippen LogP contribution is 2.16. The standard InChI is InChI=1S/C23H17IN6O3S/c24-16-7-4-8-17(10-16)26-19-11-20(34(33)13-14-5-2-1-3-6-14)30-21(28-19)15(12-25-30)9-18-22(31)29-23(32)27-18/h1-12,31H,13H2,(H2,27,29,32). The van der Waals surface area contributed by atoms with Crippen LogP contribution in [-0.4, -0.2) is 33.9 Å². The summed E-state index contributed by atoms with van der Waals surface area (Å²) in [6, 6.07) is 18.8. The van der Waals surface area contributed by atoms with Crippen molar-refractivity contribution >= 4 is 50.8 Å². The van der Waals surface area contributed by atoms with Crippen molar-refractivity contribution in [2.75, 3.05) is 0 Å². The summed E-state index contributed by atoms with van der Waals surface area (Å²) in [5, 5.41) is 15.3. The summed E-state index contributed by atoms with van der Waals surface area (Å²) in [6.07, 6.45) is 3.08. The van der Waals surface area contributed by atoms with E-state index in [0.717, 1.165) is 9.13 Å². The van der Waals surface area contributed by atoms with E-state index in [1.807, 2.05) is 54.6 Å². The summed E-state index contributed by atoms with van der Waals surface area (Å²) in [5.41, 5.74) is 2.05. The Bertz CT molecular complexity index is 1710. The van der Waals surface area contributed by atoms with Crippen molar-refractivity contribution in [1.82, 2.24) is 24.6 Å². The van der Waals surface area contributed by atoms with Crippen molar-refractivity contribution in [3.63, 3.8) is 0 Å².